The molecular weight excluding hydrogens is 148 g/mol. The lowest BCUT2D eigenvalue weighted by atomic mass is 9.97. The van der Waals surface area contributed by atoms with Crippen molar-refractivity contribution < 1.29 is 0 Å². The van der Waals surface area contributed by atoms with Gasteiger partial charge in [-0.2, -0.15) is 0 Å². The van der Waals surface area contributed by atoms with Gasteiger partial charge in [-0.1, -0.05) is 6.92 Å². The van der Waals surface area contributed by atoms with Crippen LogP contribution in [0.1, 0.15) is 18.9 Å². The summed E-state index contributed by atoms with van der Waals surface area (Å²) in [5, 5.41) is 0. The van der Waals surface area contributed by atoms with Crippen molar-refractivity contribution in [1.82, 2.24) is 4.98 Å². The molecule has 1 aromatic rings. The summed E-state index contributed by atoms with van der Waals surface area (Å²) in [4.78, 5) is 4.01. The second-order valence-electron chi connectivity index (χ2n) is 3.79. The highest BCUT2D eigenvalue weighted by molar-refractivity contribution is 5.30. The molecule has 12 heavy (non-hydrogen) atoms. The van der Waals surface area contributed by atoms with E-state index in [0.29, 0.717) is 11.3 Å². The first-order chi connectivity index (χ1) is 5.77. The average molecular weight is 162 g/mol. The van der Waals surface area contributed by atoms with Gasteiger partial charge in [0.15, 0.2) is 0 Å². The minimum Gasteiger partial charge on any atom is -0.330 e. The van der Waals surface area contributed by atoms with E-state index in [1.807, 2.05) is 12.4 Å². The average Bonchev–Trinajstić information content (AvgIpc) is 2.81. The molecule has 0 aromatic carbocycles. The van der Waals surface area contributed by atoms with Crippen LogP contribution in [0.15, 0.2) is 24.5 Å². The lowest BCUT2D eigenvalue weighted by Gasteiger charge is -2.09. The van der Waals surface area contributed by atoms with Gasteiger partial charge >= 0.3 is 0 Å². The maximum Gasteiger partial charge on any atom is 0.0270 e. The largest absolute Gasteiger partial charge is 0.330 e. The summed E-state index contributed by atoms with van der Waals surface area (Å²) < 4.78 is 0. The maximum atomic E-state index is 5.63. The van der Waals surface area contributed by atoms with Gasteiger partial charge < -0.3 is 5.73 Å². The molecule has 1 fully saturated rings. The summed E-state index contributed by atoms with van der Waals surface area (Å²) in [6.07, 6.45) is 4.94. The first-order valence-electron chi connectivity index (χ1n) is 4.38. The van der Waals surface area contributed by atoms with E-state index >= 15 is 0 Å². The standard InChI is InChI=1S/C10H14N2/c1-10(6-9(10)7-11)8-2-4-12-5-3-8/h2-5,9H,6-7,11H2,1H3. The number of hydrogen-bond acceptors (Lipinski definition) is 2. The van der Waals surface area contributed by atoms with Crippen LogP contribution < -0.4 is 5.73 Å². The fourth-order valence-electron chi connectivity index (χ4n) is 1.88. The van der Waals surface area contributed by atoms with Gasteiger partial charge in [0, 0.05) is 12.4 Å². The molecule has 2 atom stereocenters. The highest BCUT2D eigenvalue weighted by Gasteiger charge is 2.49. The monoisotopic (exact) mass is 162 g/mol. The summed E-state index contributed by atoms with van der Waals surface area (Å²) in [7, 11) is 0. The third-order valence-electron chi connectivity index (χ3n) is 3.04. The number of pyridine rings is 1. The summed E-state index contributed by atoms with van der Waals surface area (Å²) >= 11 is 0. The molecular formula is C10H14N2. The Hall–Kier alpha value is -0.890. The van der Waals surface area contributed by atoms with Crippen molar-refractivity contribution in [1.29, 1.82) is 0 Å². The van der Waals surface area contributed by atoms with Gasteiger partial charge in [0.1, 0.15) is 0 Å². The molecule has 2 nitrogen and oxygen atoms in total. The molecule has 0 saturated heterocycles. The Labute approximate surface area is 72.8 Å². The molecule has 1 aromatic heterocycles. The SMILES string of the molecule is CC1(c2ccncc2)CC1CN. The molecule has 64 valence electrons. The zero-order chi connectivity index (χ0) is 8.60. The molecule has 2 N–H and O–H groups in total. The predicted molar refractivity (Wildman–Crippen MR) is 48.8 cm³/mol. The zero-order valence-electron chi connectivity index (χ0n) is 7.33. The van der Waals surface area contributed by atoms with E-state index in [4.69, 9.17) is 5.73 Å². The number of nitrogens with zero attached hydrogens (tertiary/aromatic N) is 1. The third kappa shape index (κ3) is 1.03. The molecule has 0 aliphatic heterocycles. The van der Waals surface area contributed by atoms with Gasteiger partial charge in [0.2, 0.25) is 0 Å². The van der Waals surface area contributed by atoms with Crippen LogP contribution in [0.5, 0.6) is 0 Å². The first-order valence-corrected chi connectivity index (χ1v) is 4.38. The van der Waals surface area contributed by atoms with Crippen molar-refractivity contribution in [2.24, 2.45) is 11.7 Å². The van der Waals surface area contributed by atoms with Crippen LogP contribution in [-0.4, -0.2) is 11.5 Å². The molecule has 0 bridgehead atoms. The molecule has 1 saturated carbocycles. The van der Waals surface area contributed by atoms with Gasteiger partial charge in [-0.05, 0) is 42.0 Å². The molecule has 2 rings (SSSR count). The predicted octanol–water partition coefficient (Wildman–Crippen LogP) is 1.32. The van der Waals surface area contributed by atoms with E-state index in [0.717, 1.165) is 6.54 Å². The summed E-state index contributed by atoms with van der Waals surface area (Å²) in [6, 6.07) is 4.19. The lowest BCUT2D eigenvalue weighted by molar-refractivity contribution is 0.665. The van der Waals surface area contributed by atoms with Gasteiger partial charge in [0.25, 0.3) is 0 Å². The van der Waals surface area contributed by atoms with Crippen molar-refractivity contribution in [3.63, 3.8) is 0 Å². The third-order valence-corrected chi connectivity index (χ3v) is 3.04. The molecule has 0 spiro atoms. The second kappa shape index (κ2) is 2.56. The van der Waals surface area contributed by atoms with E-state index in [2.05, 4.69) is 24.0 Å². The van der Waals surface area contributed by atoms with Crippen molar-refractivity contribution in [2.45, 2.75) is 18.8 Å². The van der Waals surface area contributed by atoms with Crippen molar-refractivity contribution in [2.75, 3.05) is 6.54 Å². The van der Waals surface area contributed by atoms with Gasteiger partial charge in [-0.3, -0.25) is 4.98 Å². The van der Waals surface area contributed by atoms with Crippen molar-refractivity contribution in [3.8, 4) is 0 Å². The van der Waals surface area contributed by atoms with E-state index in [9.17, 15) is 0 Å². The molecule has 0 amide bonds. The fourth-order valence-corrected chi connectivity index (χ4v) is 1.88. The van der Waals surface area contributed by atoms with Crippen molar-refractivity contribution in [3.05, 3.63) is 30.1 Å². The minimum absolute atomic E-state index is 0.345. The Morgan fingerprint density at radius 1 is 1.58 bits per heavy atom. The fraction of sp³-hybridized carbons (Fsp3) is 0.500. The summed E-state index contributed by atoms with van der Waals surface area (Å²) in [5.41, 5.74) is 7.36. The Bertz CT molecular complexity index is 270. The Morgan fingerprint density at radius 2 is 2.25 bits per heavy atom. The van der Waals surface area contributed by atoms with Gasteiger partial charge in [-0.15, -0.1) is 0 Å². The maximum absolute atomic E-state index is 5.63. The quantitative estimate of drug-likeness (QED) is 0.712. The Balaban J connectivity index is 2.23. The van der Waals surface area contributed by atoms with Crippen LogP contribution in [0.2, 0.25) is 0 Å². The molecule has 2 heteroatoms. The summed E-state index contributed by atoms with van der Waals surface area (Å²) in [5.74, 6) is 0.680. The first kappa shape index (κ1) is 7.74. The van der Waals surface area contributed by atoms with Crippen LogP contribution >= 0.6 is 0 Å². The van der Waals surface area contributed by atoms with Gasteiger partial charge in [0.05, 0.1) is 0 Å². The number of aromatic nitrogens is 1. The van der Waals surface area contributed by atoms with Crippen molar-refractivity contribution >= 4 is 0 Å². The molecule has 1 aliphatic carbocycles. The Kier molecular flexibility index (Phi) is 1.65. The van der Waals surface area contributed by atoms with Crippen LogP contribution in [0.3, 0.4) is 0 Å². The minimum atomic E-state index is 0.345. The van der Waals surface area contributed by atoms with E-state index in [1.165, 1.54) is 12.0 Å². The van der Waals surface area contributed by atoms with E-state index in [1.54, 1.807) is 0 Å². The molecule has 2 unspecified atom stereocenters. The molecule has 1 aliphatic rings. The highest BCUT2D eigenvalue weighted by Crippen LogP contribution is 2.52. The second-order valence-corrected chi connectivity index (χ2v) is 3.79. The topological polar surface area (TPSA) is 38.9 Å². The van der Waals surface area contributed by atoms with E-state index in [-0.39, 0.29) is 0 Å². The van der Waals surface area contributed by atoms with Crippen LogP contribution in [0, 0.1) is 5.92 Å². The van der Waals surface area contributed by atoms with Crippen LogP contribution in [-0.2, 0) is 5.41 Å². The van der Waals surface area contributed by atoms with Gasteiger partial charge in [-0.25, -0.2) is 0 Å². The smallest absolute Gasteiger partial charge is 0.0270 e. The Morgan fingerprint density at radius 3 is 2.75 bits per heavy atom. The van der Waals surface area contributed by atoms with E-state index < -0.39 is 0 Å². The highest BCUT2D eigenvalue weighted by atomic mass is 14.7. The van der Waals surface area contributed by atoms with Crippen LogP contribution in [0.4, 0.5) is 0 Å². The summed E-state index contributed by atoms with van der Waals surface area (Å²) in [6.45, 7) is 3.08. The zero-order valence-corrected chi connectivity index (χ0v) is 7.33. The molecule has 1 heterocycles. The number of rotatable bonds is 2. The lowest BCUT2D eigenvalue weighted by Crippen LogP contribution is -2.11. The van der Waals surface area contributed by atoms with Crippen LogP contribution in [0.25, 0.3) is 0 Å². The number of nitrogens with two attached hydrogens (primary N) is 1. The number of hydrogen-bond donors (Lipinski definition) is 1. The normalized spacial score (nSPS) is 33.3. The molecule has 0 radical (unpaired) electrons.